The molecule has 0 bridgehead atoms. The zero-order chi connectivity index (χ0) is 15.1. The van der Waals surface area contributed by atoms with Crippen molar-refractivity contribution >= 4 is 23.5 Å². The largest absolute Gasteiger partial charge is 0.383 e. The van der Waals surface area contributed by atoms with E-state index in [2.05, 4.69) is 4.98 Å². The van der Waals surface area contributed by atoms with Crippen molar-refractivity contribution < 1.29 is 4.79 Å². The normalized spacial score (nSPS) is 9.60. The first-order valence-electron chi connectivity index (χ1n) is 6.08. The minimum absolute atomic E-state index is 0.0198. The van der Waals surface area contributed by atoms with E-state index in [1.807, 2.05) is 26.0 Å². The van der Waals surface area contributed by atoms with Gasteiger partial charge in [-0.05, 0) is 19.9 Å². The molecule has 0 aliphatic carbocycles. The average molecular weight is 289 g/mol. The third kappa shape index (κ3) is 3.62. The Morgan fingerprint density at radius 3 is 2.45 bits per heavy atom. The van der Waals surface area contributed by atoms with Crippen LogP contribution in [-0.2, 0) is 4.79 Å². The Morgan fingerprint density at radius 1 is 1.35 bits per heavy atom. The van der Waals surface area contributed by atoms with Crippen LogP contribution in [0, 0.1) is 22.7 Å². The van der Waals surface area contributed by atoms with Crippen LogP contribution in [0.5, 0.6) is 0 Å². The minimum atomic E-state index is -0.0198. The number of thioether (sulfide) groups is 1. The van der Waals surface area contributed by atoms with Crippen LogP contribution >= 0.6 is 11.8 Å². The number of hydrogen-bond acceptors (Lipinski definition) is 6. The van der Waals surface area contributed by atoms with Crippen LogP contribution in [0.3, 0.4) is 0 Å². The number of nitrogen functional groups attached to an aromatic ring is 1. The van der Waals surface area contributed by atoms with Gasteiger partial charge in [0.2, 0.25) is 5.91 Å². The predicted molar refractivity (Wildman–Crippen MR) is 76.7 cm³/mol. The summed E-state index contributed by atoms with van der Waals surface area (Å²) >= 11 is 1.16. The van der Waals surface area contributed by atoms with Crippen LogP contribution in [0.1, 0.15) is 25.0 Å². The zero-order valence-corrected chi connectivity index (χ0v) is 12.2. The summed E-state index contributed by atoms with van der Waals surface area (Å²) in [6, 6.07) is 5.23. The van der Waals surface area contributed by atoms with Crippen LogP contribution in [0.2, 0.25) is 0 Å². The molecule has 0 spiro atoms. The molecule has 104 valence electrons. The third-order valence-electron chi connectivity index (χ3n) is 2.71. The maximum atomic E-state index is 11.9. The number of amides is 1. The van der Waals surface area contributed by atoms with Crippen molar-refractivity contribution in [2.24, 2.45) is 0 Å². The second-order valence-corrected chi connectivity index (χ2v) is 4.82. The lowest BCUT2D eigenvalue weighted by Crippen LogP contribution is -2.31. The van der Waals surface area contributed by atoms with Gasteiger partial charge in [0.15, 0.2) is 0 Å². The number of nitrogens with zero attached hydrogens (tertiary/aromatic N) is 4. The Morgan fingerprint density at radius 2 is 1.95 bits per heavy atom. The summed E-state index contributed by atoms with van der Waals surface area (Å²) in [7, 11) is 0. The highest BCUT2D eigenvalue weighted by molar-refractivity contribution is 8.00. The standard InChI is InChI=1S/C13H15N5OS/c1-3-18(4-2)11(19)8-20-13-10(7-15)5-9(6-14)12(16)17-13/h5H,3-4,8H2,1-2H3,(H2,16,17). The molecule has 0 saturated carbocycles. The van der Waals surface area contributed by atoms with Gasteiger partial charge in [0.25, 0.3) is 0 Å². The monoisotopic (exact) mass is 289 g/mol. The molecule has 0 fully saturated rings. The third-order valence-corrected chi connectivity index (χ3v) is 3.68. The van der Waals surface area contributed by atoms with E-state index < -0.39 is 0 Å². The average Bonchev–Trinajstić information content (AvgIpc) is 2.46. The van der Waals surface area contributed by atoms with Gasteiger partial charge >= 0.3 is 0 Å². The maximum absolute atomic E-state index is 11.9. The summed E-state index contributed by atoms with van der Waals surface area (Å²) in [6.45, 7) is 5.10. The number of carbonyl (C=O) groups is 1. The molecule has 1 aromatic rings. The molecule has 1 aromatic heterocycles. The molecule has 0 aromatic carbocycles. The van der Waals surface area contributed by atoms with Gasteiger partial charge in [-0.1, -0.05) is 11.8 Å². The first-order chi connectivity index (χ1) is 9.57. The van der Waals surface area contributed by atoms with Crippen molar-refractivity contribution in [2.75, 3.05) is 24.6 Å². The number of hydrogen-bond donors (Lipinski definition) is 1. The molecule has 7 heteroatoms. The highest BCUT2D eigenvalue weighted by atomic mass is 32.2. The van der Waals surface area contributed by atoms with Crippen LogP contribution in [0.15, 0.2) is 11.1 Å². The Labute approximate surface area is 122 Å². The number of pyridine rings is 1. The van der Waals surface area contributed by atoms with Crippen LogP contribution in [0.25, 0.3) is 0 Å². The van der Waals surface area contributed by atoms with Crippen LogP contribution < -0.4 is 5.73 Å². The van der Waals surface area contributed by atoms with Crippen LogP contribution in [-0.4, -0.2) is 34.6 Å². The van der Waals surface area contributed by atoms with E-state index in [0.29, 0.717) is 18.1 Å². The fraction of sp³-hybridized carbons (Fsp3) is 0.385. The van der Waals surface area contributed by atoms with E-state index in [1.165, 1.54) is 6.07 Å². The summed E-state index contributed by atoms with van der Waals surface area (Å²) in [5.41, 5.74) is 6.05. The van der Waals surface area contributed by atoms with E-state index in [0.717, 1.165) is 11.8 Å². The Hall–Kier alpha value is -2.25. The number of rotatable bonds is 5. The molecule has 0 radical (unpaired) electrons. The highest BCUT2D eigenvalue weighted by Crippen LogP contribution is 2.24. The van der Waals surface area contributed by atoms with Crippen molar-refractivity contribution in [1.29, 1.82) is 10.5 Å². The van der Waals surface area contributed by atoms with E-state index in [9.17, 15) is 4.79 Å². The molecule has 2 N–H and O–H groups in total. The number of carbonyl (C=O) groups excluding carboxylic acids is 1. The summed E-state index contributed by atoms with van der Waals surface area (Å²) < 4.78 is 0. The summed E-state index contributed by atoms with van der Waals surface area (Å²) in [5.74, 6) is 0.243. The fourth-order valence-corrected chi connectivity index (χ4v) is 2.45. The van der Waals surface area contributed by atoms with Gasteiger partial charge in [-0.15, -0.1) is 0 Å². The van der Waals surface area contributed by atoms with E-state index in [-0.39, 0.29) is 28.6 Å². The molecule has 6 nitrogen and oxygen atoms in total. The molecule has 20 heavy (non-hydrogen) atoms. The molecular formula is C13H15N5OS. The van der Waals surface area contributed by atoms with Gasteiger partial charge < -0.3 is 10.6 Å². The summed E-state index contributed by atoms with van der Waals surface area (Å²) in [6.07, 6.45) is 0. The van der Waals surface area contributed by atoms with Gasteiger partial charge in [-0.3, -0.25) is 4.79 Å². The Bertz CT molecular complexity index is 584. The van der Waals surface area contributed by atoms with Crippen molar-refractivity contribution in [1.82, 2.24) is 9.88 Å². The van der Waals surface area contributed by atoms with Crippen molar-refractivity contribution in [2.45, 2.75) is 18.9 Å². The molecule has 1 rings (SSSR count). The smallest absolute Gasteiger partial charge is 0.232 e. The van der Waals surface area contributed by atoms with Gasteiger partial charge in [0.1, 0.15) is 23.0 Å². The lowest BCUT2D eigenvalue weighted by molar-refractivity contribution is -0.127. The number of nitriles is 2. The highest BCUT2D eigenvalue weighted by Gasteiger charge is 2.14. The second-order valence-electron chi connectivity index (χ2n) is 3.85. The maximum Gasteiger partial charge on any atom is 0.232 e. The number of anilines is 1. The van der Waals surface area contributed by atoms with Crippen LogP contribution in [0.4, 0.5) is 5.82 Å². The summed E-state index contributed by atoms with van der Waals surface area (Å²) in [5, 5.41) is 18.3. The number of aromatic nitrogens is 1. The van der Waals surface area contributed by atoms with Gasteiger partial charge in [0.05, 0.1) is 16.9 Å². The minimum Gasteiger partial charge on any atom is -0.383 e. The molecule has 0 saturated heterocycles. The first-order valence-corrected chi connectivity index (χ1v) is 7.07. The molecule has 0 unspecified atom stereocenters. The SMILES string of the molecule is CCN(CC)C(=O)CSc1nc(N)c(C#N)cc1C#N. The van der Waals surface area contributed by atoms with E-state index in [4.69, 9.17) is 16.3 Å². The summed E-state index contributed by atoms with van der Waals surface area (Å²) in [4.78, 5) is 17.6. The molecule has 0 aliphatic heterocycles. The van der Waals surface area contributed by atoms with Crippen molar-refractivity contribution in [3.05, 3.63) is 17.2 Å². The van der Waals surface area contributed by atoms with Crippen molar-refractivity contribution in [3.63, 3.8) is 0 Å². The van der Waals surface area contributed by atoms with Gasteiger partial charge in [-0.2, -0.15) is 10.5 Å². The lowest BCUT2D eigenvalue weighted by atomic mass is 10.2. The van der Waals surface area contributed by atoms with E-state index in [1.54, 1.807) is 4.90 Å². The zero-order valence-electron chi connectivity index (χ0n) is 11.4. The fourth-order valence-electron chi connectivity index (χ4n) is 1.59. The number of nitrogens with two attached hydrogens (primary N) is 1. The Kier molecular flexibility index (Phi) is 5.82. The molecule has 1 amide bonds. The quantitative estimate of drug-likeness (QED) is 0.820. The molecule has 0 atom stereocenters. The van der Waals surface area contributed by atoms with Gasteiger partial charge in [-0.25, -0.2) is 4.98 Å². The molecule has 0 aliphatic rings. The molecular weight excluding hydrogens is 274 g/mol. The topological polar surface area (TPSA) is 107 Å². The predicted octanol–water partition coefficient (Wildman–Crippen LogP) is 1.37. The van der Waals surface area contributed by atoms with Crippen molar-refractivity contribution in [3.8, 4) is 12.1 Å². The van der Waals surface area contributed by atoms with E-state index >= 15 is 0 Å². The lowest BCUT2D eigenvalue weighted by Gasteiger charge is -2.18. The second kappa shape index (κ2) is 7.37. The van der Waals surface area contributed by atoms with Gasteiger partial charge in [0, 0.05) is 13.1 Å². The molecule has 1 heterocycles. The Balaban J connectivity index is 2.89. The first kappa shape index (κ1) is 15.8.